The molecule has 2 heterocycles. The Kier molecular flexibility index (Phi) is 3.75. The molecule has 6 heteroatoms. The Labute approximate surface area is 167 Å². The van der Waals surface area contributed by atoms with Crippen molar-refractivity contribution in [3.63, 3.8) is 0 Å². The van der Waals surface area contributed by atoms with E-state index in [0.717, 1.165) is 64.0 Å². The van der Waals surface area contributed by atoms with Crippen molar-refractivity contribution in [2.75, 3.05) is 26.2 Å². The quantitative estimate of drug-likeness (QED) is 0.559. The molecule has 0 bridgehead atoms. The van der Waals surface area contributed by atoms with Gasteiger partial charge < -0.3 is 4.52 Å². The summed E-state index contributed by atoms with van der Waals surface area (Å²) in [6.45, 7) is 5.74. The number of rotatable bonds is 4. The minimum atomic E-state index is -2.83. The Bertz CT molecular complexity index is 878. The van der Waals surface area contributed by atoms with Gasteiger partial charge in [-0.25, -0.2) is 13.9 Å². The summed E-state index contributed by atoms with van der Waals surface area (Å²) in [5.74, 6) is 3.05. The van der Waals surface area contributed by atoms with Crippen LogP contribution in [-0.2, 0) is 15.8 Å². The smallest absolute Gasteiger partial charge is 0.395 e. The number of fused-ring (bicyclic) bond motifs is 5. The second kappa shape index (κ2) is 5.93. The maximum Gasteiger partial charge on any atom is 0.395 e. The second-order valence-electron chi connectivity index (χ2n) is 9.68. The maximum absolute atomic E-state index is 13.3. The Morgan fingerprint density at radius 3 is 2.54 bits per heavy atom. The van der Waals surface area contributed by atoms with Crippen molar-refractivity contribution in [3.05, 3.63) is 29.3 Å². The minimum Gasteiger partial charge on any atom is -0.422 e. The fraction of sp³-hybridized carbons (Fsp3) is 0.682. The van der Waals surface area contributed by atoms with E-state index in [2.05, 4.69) is 19.1 Å². The van der Waals surface area contributed by atoms with E-state index in [0.29, 0.717) is 23.5 Å². The van der Waals surface area contributed by atoms with Gasteiger partial charge in [0.2, 0.25) is 0 Å². The predicted octanol–water partition coefficient (Wildman–Crippen LogP) is 4.23. The molecule has 28 heavy (non-hydrogen) atoms. The van der Waals surface area contributed by atoms with Gasteiger partial charge in [0.15, 0.2) is 0 Å². The van der Waals surface area contributed by atoms with Gasteiger partial charge in [0.25, 0.3) is 0 Å². The lowest BCUT2D eigenvalue weighted by Crippen LogP contribution is -2.42. The first-order valence-electron chi connectivity index (χ1n) is 11.0. The normalized spacial score (nSPS) is 37.2. The Morgan fingerprint density at radius 1 is 1.07 bits per heavy atom. The van der Waals surface area contributed by atoms with E-state index >= 15 is 0 Å². The Hall–Kier alpha value is -1.16. The van der Waals surface area contributed by atoms with Crippen LogP contribution in [0.25, 0.3) is 0 Å². The van der Waals surface area contributed by atoms with Crippen LogP contribution >= 0.6 is 7.67 Å². The van der Waals surface area contributed by atoms with E-state index in [9.17, 15) is 9.36 Å². The number of hydrogen-bond acceptors (Lipinski definition) is 3. The third kappa shape index (κ3) is 2.52. The first kappa shape index (κ1) is 17.7. The molecule has 0 spiro atoms. The van der Waals surface area contributed by atoms with Crippen molar-refractivity contribution >= 4 is 13.5 Å². The molecule has 0 N–H and O–H groups in total. The fourth-order valence-electron chi connectivity index (χ4n) is 6.41. The molecule has 3 aliphatic carbocycles. The molecule has 4 atom stereocenters. The highest BCUT2D eigenvalue weighted by Gasteiger charge is 2.55. The van der Waals surface area contributed by atoms with E-state index in [1.165, 1.54) is 17.5 Å². The van der Waals surface area contributed by atoms with Crippen LogP contribution in [0.1, 0.15) is 56.1 Å². The van der Waals surface area contributed by atoms with Crippen molar-refractivity contribution in [2.45, 2.75) is 51.4 Å². The van der Waals surface area contributed by atoms with Gasteiger partial charge in [-0.15, -0.1) is 0 Å². The number of benzene rings is 1. The first-order valence-corrected chi connectivity index (χ1v) is 12.5. The predicted molar refractivity (Wildman–Crippen MR) is 107 cm³/mol. The largest absolute Gasteiger partial charge is 0.422 e. The van der Waals surface area contributed by atoms with Gasteiger partial charge in [0.1, 0.15) is 11.5 Å². The van der Waals surface area contributed by atoms with Crippen LogP contribution in [0.3, 0.4) is 0 Å². The molecule has 2 saturated heterocycles. The standard InChI is InChI=1S/C22H29N2O3P/c1-22-9-8-18-17-5-3-16(27-28(26,23-10-11-23)24-12-13-24)14-15(17)2-4-19(18)20(22)6-7-21(22)25/h3,5,14,18-20H,2,4,6-13H2,1H3/t18-,19+,20+,22+/m1/s1. The maximum atomic E-state index is 13.3. The van der Waals surface area contributed by atoms with Crippen LogP contribution in [0.15, 0.2) is 18.2 Å². The number of hydrogen-bond donors (Lipinski definition) is 0. The van der Waals surface area contributed by atoms with E-state index in [4.69, 9.17) is 4.52 Å². The number of nitrogens with zero attached hydrogens (tertiary/aromatic N) is 2. The summed E-state index contributed by atoms with van der Waals surface area (Å²) in [7, 11) is -2.83. The molecule has 5 nitrogen and oxygen atoms in total. The summed E-state index contributed by atoms with van der Waals surface area (Å²) < 4.78 is 23.3. The molecule has 2 saturated carbocycles. The molecular formula is C22H29N2O3P. The Balaban J connectivity index is 1.27. The monoisotopic (exact) mass is 400 g/mol. The van der Waals surface area contributed by atoms with Crippen molar-refractivity contribution in [3.8, 4) is 5.75 Å². The van der Waals surface area contributed by atoms with Gasteiger partial charge >= 0.3 is 7.67 Å². The van der Waals surface area contributed by atoms with Crippen LogP contribution < -0.4 is 4.52 Å². The van der Waals surface area contributed by atoms with Crippen LogP contribution in [0.2, 0.25) is 0 Å². The highest BCUT2D eigenvalue weighted by Crippen LogP contribution is 2.62. The average molecular weight is 400 g/mol. The summed E-state index contributed by atoms with van der Waals surface area (Å²) in [6, 6.07) is 6.42. The number of Topliss-reactive ketones (excluding diaryl/α,β-unsaturated/α-hetero) is 1. The molecule has 1 aromatic carbocycles. The molecule has 0 radical (unpaired) electrons. The first-order chi connectivity index (χ1) is 13.5. The van der Waals surface area contributed by atoms with E-state index in [-0.39, 0.29) is 5.41 Å². The zero-order chi connectivity index (χ0) is 19.1. The number of carbonyl (C=O) groups excluding carboxylic acids is 1. The lowest BCUT2D eigenvalue weighted by atomic mass is 9.55. The third-order valence-electron chi connectivity index (χ3n) is 8.19. The molecule has 150 valence electrons. The van der Waals surface area contributed by atoms with Crippen LogP contribution in [0.4, 0.5) is 0 Å². The van der Waals surface area contributed by atoms with Gasteiger partial charge in [-0.3, -0.25) is 4.79 Å². The summed E-state index contributed by atoms with van der Waals surface area (Å²) in [5.41, 5.74) is 2.76. The second-order valence-corrected chi connectivity index (χ2v) is 12.0. The molecule has 0 unspecified atom stereocenters. The van der Waals surface area contributed by atoms with Gasteiger partial charge in [0, 0.05) is 38.0 Å². The summed E-state index contributed by atoms with van der Waals surface area (Å²) in [6.07, 6.45) is 6.25. The fourth-order valence-corrected chi connectivity index (χ4v) is 8.58. The summed E-state index contributed by atoms with van der Waals surface area (Å²) >= 11 is 0. The summed E-state index contributed by atoms with van der Waals surface area (Å²) in [5, 5.41) is 0. The molecule has 1 aromatic rings. The van der Waals surface area contributed by atoms with Crippen molar-refractivity contribution in [1.29, 1.82) is 0 Å². The molecule has 2 aliphatic heterocycles. The van der Waals surface area contributed by atoms with Crippen LogP contribution in [0.5, 0.6) is 5.75 Å². The van der Waals surface area contributed by atoms with Gasteiger partial charge in [-0.2, -0.15) is 0 Å². The average Bonchev–Trinajstić information content (AvgIpc) is 3.58. The molecule has 0 amide bonds. The number of ketones is 1. The van der Waals surface area contributed by atoms with E-state index in [1.807, 2.05) is 15.4 Å². The van der Waals surface area contributed by atoms with E-state index in [1.54, 1.807) is 0 Å². The zero-order valence-corrected chi connectivity index (χ0v) is 17.5. The highest BCUT2D eigenvalue weighted by atomic mass is 31.2. The SMILES string of the molecule is C[C@]12CC[C@@H]3c4ccc(OP(=O)(N5CC5)N5CC5)cc4CC[C@@H]3[C@@H]1CCC2=O. The van der Waals surface area contributed by atoms with Crippen molar-refractivity contribution in [1.82, 2.24) is 9.34 Å². The highest BCUT2D eigenvalue weighted by molar-refractivity contribution is 7.55. The molecule has 6 rings (SSSR count). The van der Waals surface area contributed by atoms with Crippen LogP contribution in [-0.4, -0.2) is 41.3 Å². The van der Waals surface area contributed by atoms with Crippen LogP contribution in [0, 0.1) is 17.3 Å². The zero-order valence-electron chi connectivity index (χ0n) is 16.6. The summed E-state index contributed by atoms with van der Waals surface area (Å²) in [4.78, 5) is 12.5. The van der Waals surface area contributed by atoms with Gasteiger partial charge in [0.05, 0.1) is 0 Å². The topological polar surface area (TPSA) is 49.4 Å². The number of carbonyl (C=O) groups is 1. The van der Waals surface area contributed by atoms with Gasteiger partial charge in [-0.1, -0.05) is 13.0 Å². The van der Waals surface area contributed by atoms with Gasteiger partial charge in [-0.05, 0) is 73.1 Å². The lowest BCUT2D eigenvalue weighted by molar-refractivity contribution is -0.129. The van der Waals surface area contributed by atoms with E-state index < -0.39 is 7.67 Å². The molecule has 0 aromatic heterocycles. The Morgan fingerprint density at radius 2 is 1.82 bits per heavy atom. The number of aryl methyl sites for hydroxylation is 1. The molecular weight excluding hydrogens is 371 g/mol. The molecule has 5 aliphatic rings. The lowest BCUT2D eigenvalue weighted by Gasteiger charge is -2.48. The van der Waals surface area contributed by atoms with Crippen molar-refractivity contribution < 1.29 is 13.9 Å². The molecule has 4 fully saturated rings. The minimum absolute atomic E-state index is 0.0637. The third-order valence-corrected chi connectivity index (χ3v) is 10.9. The van der Waals surface area contributed by atoms with Crippen molar-refractivity contribution in [2.24, 2.45) is 17.3 Å².